The molecule has 2 aromatic rings. The number of rotatable bonds is 3. The van der Waals surface area contributed by atoms with Gasteiger partial charge < -0.3 is 15.8 Å². The smallest absolute Gasteiger partial charge is 0.242 e. The molecule has 3 N–H and O–H groups in total. The van der Waals surface area contributed by atoms with Crippen LogP contribution in [0, 0.1) is 11.3 Å². The first-order valence-electron chi connectivity index (χ1n) is 5.27. The minimum Gasteiger partial charge on any atom is -0.479 e. The average molecular weight is 276 g/mol. The van der Waals surface area contributed by atoms with E-state index in [-0.39, 0.29) is 11.6 Å². The number of hydrogen-bond donors (Lipinski definition) is 2. The second kappa shape index (κ2) is 5.42. The highest BCUT2D eigenvalue weighted by atomic mass is 35.5. The van der Waals surface area contributed by atoms with Gasteiger partial charge in [-0.3, -0.25) is 0 Å². The van der Waals surface area contributed by atoms with Crippen LogP contribution in [0.15, 0.2) is 24.5 Å². The van der Waals surface area contributed by atoms with Crippen LogP contribution in [0.3, 0.4) is 0 Å². The normalized spacial score (nSPS) is 9.74. The molecule has 1 heterocycles. The zero-order chi connectivity index (χ0) is 13.8. The summed E-state index contributed by atoms with van der Waals surface area (Å²) in [6.45, 7) is 0. The minimum atomic E-state index is 0.258. The third-order valence-electron chi connectivity index (χ3n) is 2.40. The Morgan fingerprint density at radius 2 is 2.21 bits per heavy atom. The van der Waals surface area contributed by atoms with Crippen molar-refractivity contribution in [2.24, 2.45) is 0 Å². The Hall–Kier alpha value is -2.52. The molecule has 1 aromatic carbocycles. The first-order chi connectivity index (χ1) is 9.15. The molecular weight excluding hydrogens is 266 g/mol. The van der Waals surface area contributed by atoms with Crippen molar-refractivity contribution < 1.29 is 4.74 Å². The fraction of sp³-hybridized carbons (Fsp3) is 0.0833. The summed E-state index contributed by atoms with van der Waals surface area (Å²) < 4.78 is 5.00. The van der Waals surface area contributed by atoms with E-state index in [2.05, 4.69) is 21.4 Å². The van der Waals surface area contributed by atoms with Crippen molar-refractivity contribution in [3.05, 3.63) is 35.1 Å². The number of nitrogens with two attached hydrogens (primary N) is 1. The number of hydrogen-bond acceptors (Lipinski definition) is 6. The number of benzene rings is 1. The van der Waals surface area contributed by atoms with Gasteiger partial charge in [0.15, 0.2) is 5.82 Å². The predicted octanol–water partition coefficient (Wildman–Crippen LogP) is 2.34. The SMILES string of the molecule is COc1ncnc(Nc2cc(Cl)ccc2C#N)c1N. The second-order valence-electron chi connectivity index (χ2n) is 3.57. The van der Waals surface area contributed by atoms with Gasteiger partial charge in [0.2, 0.25) is 5.88 Å². The van der Waals surface area contributed by atoms with Crippen LogP contribution in [0.2, 0.25) is 5.02 Å². The second-order valence-corrected chi connectivity index (χ2v) is 4.01. The lowest BCUT2D eigenvalue weighted by atomic mass is 10.2. The number of methoxy groups -OCH3 is 1. The molecule has 0 unspecified atom stereocenters. The van der Waals surface area contributed by atoms with Crippen LogP contribution in [0.1, 0.15) is 5.56 Å². The maximum Gasteiger partial charge on any atom is 0.242 e. The van der Waals surface area contributed by atoms with Crippen LogP contribution in [0.25, 0.3) is 0 Å². The zero-order valence-corrected chi connectivity index (χ0v) is 10.8. The molecule has 0 aliphatic rings. The van der Waals surface area contributed by atoms with Crippen molar-refractivity contribution in [1.82, 2.24) is 9.97 Å². The lowest BCUT2D eigenvalue weighted by Crippen LogP contribution is -2.04. The summed E-state index contributed by atoms with van der Waals surface area (Å²) in [5.41, 5.74) is 7.05. The Bertz CT molecular complexity index is 653. The van der Waals surface area contributed by atoms with E-state index in [9.17, 15) is 0 Å². The fourth-order valence-electron chi connectivity index (χ4n) is 1.49. The molecule has 7 heteroatoms. The first kappa shape index (κ1) is 12.9. The summed E-state index contributed by atoms with van der Waals surface area (Å²) >= 11 is 5.90. The van der Waals surface area contributed by atoms with E-state index in [1.807, 2.05) is 0 Å². The van der Waals surface area contributed by atoms with E-state index in [4.69, 9.17) is 27.3 Å². The maximum absolute atomic E-state index is 9.04. The third kappa shape index (κ3) is 2.67. The molecule has 0 aliphatic carbocycles. The molecule has 6 nitrogen and oxygen atoms in total. The van der Waals surface area contributed by atoms with Gasteiger partial charge in [-0.05, 0) is 18.2 Å². The quantitative estimate of drug-likeness (QED) is 0.892. The van der Waals surface area contributed by atoms with E-state index >= 15 is 0 Å². The van der Waals surface area contributed by atoms with Crippen LogP contribution >= 0.6 is 11.6 Å². The summed E-state index contributed by atoms with van der Waals surface area (Å²) in [6, 6.07) is 6.92. The van der Waals surface area contributed by atoms with E-state index in [1.54, 1.807) is 18.2 Å². The average Bonchev–Trinajstić information content (AvgIpc) is 2.41. The van der Waals surface area contributed by atoms with Crippen LogP contribution in [0.4, 0.5) is 17.2 Å². The molecular formula is C12H10ClN5O. The van der Waals surface area contributed by atoms with Crippen molar-refractivity contribution in [2.75, 3.05) is 18.2 Å². The van der Waals surface area contributed by atoms with Crippen LogP contribution in [0.5, 0.6) is 5.88 Å². The summed E-state index contributed by atoms with van der Waals surface area (Å²) in [4.78, 5) is 7.88. The number of aromatic nitrogens is 2. The van der Waals surface area contributed by atoms with Gasteiger partial charge in [0, 0.05) is 5.02 Å². The van der Waals surface area contributed by atoms with Crippen LogP contribution in [-0.2, 0) is 0 Å². The summed E-state index contributed by atoms with van der Waals surface area (Å²) in [7, 11) is 1.46. The summed E-state index contributed by atoms with van der Waals surface area (Å²) in [6.07, 6.45) is 1.31. The summed E-state index contributed by atoms with van der Waals surface area (Å²) in [5.74, 6) is 0.614. The zero-order valence-electron chi connectivity index (χ0n) is 10.0. The van der Waals surface area contributed by atoms with Gasteiger partial charge in [0.05, 0.1) is 18.4 Å². The highest BCUT2D eigenvalue weighted by molar-refractivity contribution is 6.30. The molecule has 0 fully saturated rings. The largest absolute Gasteiger partial charge is 0.479 e. The molecule has 0 saturated heterocycles. The van der Waals surface area contributed by atoms with Gasteiger partial charge in [-0.1, -0.05) is 11.6 Å². The van der Waals surface area contributed by atoms with Gasteiger partial charge in [0.25, 0.3) is 0 Å². The molecule has 0 spiro atoms. The van der Waals surface area contributed by atoms with Crippen molar-refractivity contribution in [1.29, 1.82) is 5.26 Å². The maximum atomic E-state index is 9.04. The molecule has 0 amide bonds. The fourth-order valence-corrected chi connectivity index (χ4v) is 1.66. The van der Waals surface area contributed by atoms with Gasteiger partial charge in [-0.2, -0.15) is 10.2 Å². The molecule has 0 aliphatic heterocycles. The lowest BCUT2D eigenvalue weighted by Gasteiger charge is -2.11. The van der Waals surface area contributed by atoms with Crippen molar-refractivity contribution >= 4 is 28.8 Å². The topological polar surface area (TPSA) is 96.9 Å². The van der Waals surface area contributed by atoms with E-state index in [0.717, 1.165) is 0 Å². The highest BCUT2D eigenvalue weighted by Gasteiger charge is 2.10. The number of nitrogens with zero attached hydrogens (tertiary/aromatic N) is 3. The number of nitriles is 1. The molecule has 96 valence electrons. The van der Waals surface area contributed by atoms with Crippen molar-refractivity contribution in [3.8, 4) is 11.9 Å². The highest BCUT2D eigenvalue weighted by Crippen LogP contribution is 2.29. The van der Waals surface area contributed by atoms with Crippen LogP contribution in [-0.4, -0.2) is 17.1 Å². The Kier molecular flexibility index (Phi) is 3.68. The number of nitrogen functional groups attached to an aromatic ring is 1. The Labute approximate surface area is 114 Å². The van der Waals surface area contributed by atoms with E-state index in [1.165, 1.54) is 13.4 Å². The molecule has 1 aromatic heterocycles. The monoisotopic (exact) mass is 275 g/mol. The standard InChI is InChI=1S/C12H10ClN5O/c1-19-12-10(15)11(16-6-17-12)18-9-4-8(13)3-2-7(9)5-14/h2-4,6H,15H2,1H3,(H,16,17,18). The van der Waals surface area contributed by atoms with Crippen molar-refractivity contribution in [2.45, 2.75) is 0 Å². The first-order valence-corrected chi connectivity index (χ1v) is 5.64. The van der Waals surface area contributed by atoms with Gasteiger partial charge in [-0.15, -0.1) is 0 Å². The summed E-state index contributed by atoms with van der Waals surface area (Å²) in [5, 5.41) is 12.5. The van der Waals surface area contributed by atoms with Crippen LogP contribution < -0.4 is 15.8 Å². The predicted molar refractivity (Wildman–Crippen MR) is 72.4 cm³/mol. The number of halogens is 1. The van der Waals surface area contributed by atoms with E-state index < -0.39 is 0 Å². The number of anilines is 3. The van der Waals surface area contributed by atoms with Crippen molar-refractivity contribution in [3.63, 3.8) is 0 Å². The molecule has 0 atom stereocenters. The van der Waals surface area contributed by atoms with Gasteiger partial charge in [0.1, 0.15) is 18.1 Å². The lowest BCUT2D eigenvalue weighted by molar-refractivity contribution is 0.399. The molecule has 0 radical (unpaired) electrons. The Morgan fingerprint density at radius 1 is 1.42 bits per heavy atom. The number of ether oxygens (including phenoxy) is 1. The molecule has 0 bridgehead atoms. The molecule has 2 rings (SSSR count). The third-order valence-corrected chi connectivity index (χ3v) is 2.63. The van der Waals surface area contributed by atoms with E-state index in [0.29, 0.717) is 22.1 Å². The Morgan fingerprint density at radius 3 is 2.89 bits per heavy atom. The number of nitrogens with one attached hydrogen (secondary N) is 1. The minimum absolute atomic E-state index is 0.258. The molecule has 0 saturated carbocycles. The van der Waals surface area contributed by atoms with Gasteiger partial charge in [-0.25, -0.2) is 4.98 Å². The molecule has 19 heavy (non-hydrogen) atoms. The van der Waals surface area contributed by atoms with Gasteiger partial charge >= 0.3 is 0 Å². The Balaban J connectivity index is 2.42.